The van der Waals surface area contributed by atoms with E-state index in [1.165, 1.54) is 11.1 Å². The Morgan fingerprint density at radius 2 is 2.13 bits per heavy atom. The van der Waals surface area contributed by atoms with Crippen LogP contribution in [-0.4, -0.2) is 13.7 Å². The minimum atomic E-state index is 0.535. The summed E-state index contributed by atoms with van der Waals surface area (Å²) in [5.74, 6) is 0.864. The van der Waals surface area contributed by atoms with Crippen LogP contribution < -0.4 is 10.5 Å². The highest BCUT2D eigenvalue weighted by Gasteiger charge is 2.10. The monoisotopic (exact) mass is 269 g/mol. The number of nitrogens with two attached hydrogens (primary N) is 1. The van der Waals surface area contributed by atoms with Gasteiger partial charge in [0.25, 0.3) is 0 Å². The lowest BCUT2D eigenvalue weighted by Crippen LogP contribution is -1.95. The molecule has 0 spiro atoms. The van der Waals surface area contributed by atoms with E-state index < -0.39 is 0 Å². The number of halogens is 1. The van der Waals surface area contributed by atoms with Gasteiger partial charge in [0.05, 0.1) is 11.6 Å². The first-order chi connectivity index (χ1) is 7.11. The topological polar surface area (TPSA) is 35.2 Å². The molecule has 0 saturated carbocycles. The minimum Gasteiger partial charge on any atom is -0.495 e. The van der Waals surface area contributed by atoms with Crippen LogP contribution in [0.5, 0.6) is 5.75 Å². The Morgan fingerprint density at radius 3 is 2.67 bits per heavy atom. The molecule has 0 atom stereocenters. The molecule has 0 saturated heterocycles. The molecule has 2 nitrogen and oxygen atoms in total. The van der Waals surface area contributed by atoms with E-state index >= 15 is 0 Å². The van der Waals surface area contributed by atoms with Gasteiger partial charge in [-0.15, -0.1) is 0 Å². The van der Waals surface area contributed by atoms with Gasteiger partial charge in [-0.05, 0) is 47.0 Å². The molecule has 0 aliphatic heterocycles. The number of hydrogen-bond acceptors (Lipinski definition) is 2. The van der Waals surface area contributed by atoms with E-state index in [-0.39, 0.29) is 0 Å². The first-order valence-corrected chi connectivity index (χ1v) is 5.61. The molecule has 1 aromatic carbocycles. The van der Waals surface area contributed by atoms with Crippen molar-refractivity contribution in [1.82, 2.24) is 0 Å². The number of methoxy groups -OCH3 is 1. The maximum atomic E-state index is 5.43. The molecular formula is C12H16BrNO. The second-order valence-corrected chi connectivity index (χ2v) is 4.19. The van der Waals surface area contributed by atoms with Crippen molar-refractivity contribution in [3.05, 3.63) is 33.3 Å². The SMILES string of the molecule is COc1c(/C=C/CN)cc(C)c(C)c1Br. The van der Waals surface area contributed by atoms with Crippen molar-refractivity contribution in [2.24, 2.45) is 5.73 Å². The van der Waals surface area contributed by atoms with Crippen LogP contribution in [0.1, 0.15) is 16.7 Å². The van der Waals surface area contributed by atoms with Crippen LogP contribution in [0.4, 0.5) is 0 Å². The fourth-order valence-corrected chi connectivity index (χ4v) is 2.11. The lowest BCUT2D eigenvalue weighted by molar-refractivity contribution is 0.410. The van der Waals surface area contributed by atoms with E-state index in [2.05, 4.69) is 35.8 Å². The highest BCUT2D eigenvalue weighted by molar-refractivity contribution is 9.10. The summed E-state index contributed by atoms with van der Waals surface area (Å²) in [6.45, 7) is 4.69. The number of aryl methyl sites for hydroxylation is 1. The Bertz CT molecular complexity index is 386. The van der Waals surface area contributed by atoms with Crippen LogP contribution in [0.15, 0.2) is 16.6 Å². The molecule has 0 bridgehead atoms. The van der Waals surface area contributed by atoms with Crippen molar-refractivity contribution in [3.63, 3.8) is 0 Å². The van der Waals surface area contributed by atoms with E-state index in [1.54, 1.807) is 7.11 Å². The van der Waals surface area contributed by atoms with E-state index in [0.29, 0.717) is 6.54 Å². The maximum Gasteiger partial charge on any atom is 0.140 e. The maximum absolute atomic E-state index is 5.43. The van der Waals surface area contributed by atoms with Gasteiger partial charge in [-0.25, -0.2) is 0 Å². The largest absolute Gasteiger partial charge is 0.495 e. The molecule has 2 N–H and O–H groups in total. The summed E-state index contributed by atoms with van der Waals surface area (Å²) in [6.07, 6.45) is 3.90. The van der Waals surface area contributed by atoms with Gasteiger partial charge in [0.2, 0.25) is 0 Å². The second kappa shape index (κ2) is 5.33. The first-order valence-electron chi connectivity index (χ1n) is 4.82. The van der Waals surface area contributed by atoms with Gasteiger partial charge >= 0.3 is 0 Å². The van der Waals surface area contributed by atoms with E-state index in [1.807, 2.05) is 12.2 Å². The molecule has 15 heavy (non-hydrogen) atoms. The number of hydrogen-bond donors (Lipinski definition) is 1. The van der Waals surface area contributed by atoms with Crippen LogP contribution in [0.25, 0.3) is 6.08 Å². The van der Waals surface area contributed by atoms with Crippen LogP contribution in [0, 0.1) is 13.8 Å². The second-order valence-electron chi connectivity index (χ2n) is 3.39. The van der Waals surface area contributed by atoms with Crippen molar-refractivity contribution in [3.8, 4) is 5.75 Å². The van der Waals surface area contributed by atoms with E-state index in [9.17, 15) is 0 Å². The number of ether oxygens (including phenoxy) is 1. The van der Waals surface area contributed by atoms with Gasteiger partial charge in [-0.3, -0.25) is 0 Å². The molecule has 0 aliphatic rings. The fourth-order valence-electron chi connectivity index (χ4n) is 1.40. The lowest BCUT2D eigenvalue weighted by atomic mass is 10.0. The molecule has 1 aromatic rings. The molecule has 0 radical (unpaired) electrons. The number of rotatable bonds is 3. The van der Waals surface area contributed by atoms with Crippen molar-refractivity contribution in [2.75, 3.05) is 13.7 Å². The first kappa shape index (κ1) is 12.3. The summed E-state index contributed by atoms with van der Waals surface area (Å²) in [5, 5.41) is 0. The van der Waals surface area contributed by atoms with Gasteiger partial charge in [0.15, 0.2) is 0 Å². The van der Waals surface area contributed by atoms with Crippen LogP contribution in [-0.2, 0) is 0 Å². The van der Waals surface area contributed by atoms with Gasteiger partial charge in [0, 0.05) is 12.1 Å². The van der Waals surface area contributed by atoms with Gasteiger partial charge in [0.1, 0.15) is 5.75 Å². The zero-order chi connectivity index (χ0) is 11.4. The third-order valence-corrected chi connectivity index (χ3v) is 3.35. The summed E-state index contributed by atoms with van der Waals surface area (Å²) in [5.41, 5.74) is 8.93. The molecule has 0 unspecified atom stereocenters. The molecule has 0 aliphatic carbocycles. The summed E-state index contributed by atoms with van der Waals surface area (Å²) < 4.78 is 6.39. The average molecular weight is 270 g/mol. The molecule has 0 heterocycles. The Kier molecular flexibility index (Phi) is 4.36. The Hall–Kier alpha value is -0.800. The molecule has 0 fully saturated rings. The third-order valence-electron chi connectivity index (χ3n) is 2.39. The van der Waals surface area contributed by atoms with Gasteiger partial charge in [-0.2, -0.15) is 0 Å². The quantitative estimate of drug-likeness (QED) is 0.916. The van der Waals surface area contributed by atoms with E-state index in [0.717, 1.165) is 15.8 Å². The van der Waals surface area contributed by atoms with Crippen molar-refractivity contribution < 1.29 is 4.74 Å². The normalized spacial score (nSPS) is 11.0. The van der Waals surface area contributed by atoms with Crippen molar-refractivity contribution >= 4 is 22.0 Å². The number of benzene rings is 1. The summed E-state index contributed by atoms with van der Waals surface area (Å²) in [4.78, 5) is 0. The molecule has 3 heteroatoms. The zero-order valence-corrected chi connectivity index (χ0v) is 10.9. The highest BCUT2D eigenvalue weighted by Crippen LogP contribution is 2.34. The van der Waals surface area contributed by atoms with E-state index in [4.69, 9.17) is 10.5 Å². The Balaban J connectivity index is 3.31. The molecule has 0 aromatic heterocycles. The molecular weight excluding hydrogens is 254 g/mol. The van der Waals surface area contributed by atoms with Crippen LogP contribution in [0.3, 0.4) is 0 Å². The summed E-state index contributed by atoms with van der Waals surface area (Å²) >= 11 is 3.54. The van der Waals surface area contributed by atoms with Crippen molar-refractivity contribution in [1.29, 1.82) is 0 Å². The lowest BCUT2D eigenvalue weighted by Gasteiger charge is -2.12. The third kappa shape index (κ3) is 2.61. The fraction of sp³-hybridized carbons (Fsp3) is 0.333. The Morgan fingerprint density at radius 1 is 1.47 bits per heavy atom. The highest BCUT2D eigenvalue weighted by atomic mass is 79.9. The molecule has 0 amide bonds. The molecule has 82 valence electrons. The molecule has 1 rings (SSSR count). The minimum absolute atomic E-state index is 0.535. The Labute approximate surface area is 99.3 Å². The predicted molar refractivity (Wildman–Crippen MR) is 68.3 cm³/mol. The standard InChI is InChI=1S/C12H16BrNO/c1-8-7-10(5-4-6-14)12(15-3)11(13)9(8)2/h4-5,7H,6,14H2,1-3H3/b5-4+. The van der Waals surface area contributed by atoms with Crippen LogP contribution in [0.2, 0.25) is 0 Å². The average Bonchev–Trinajstić information content (AvgIpc) is 2.23. The van der Waals surface area contributed by atoms with Gasteiger partial charge < -0.3 is 10.5 Å². The predicted octanol–water partition coefficient (Wildman–Crippen LogP) is 3.05. The zero-order valence-electron chi connectivity index (χ0n) is 9.30. The van der Waals surface area contributed by atoms with Crippen molar-refractivity contribution in [2.45, 2.75) is 13.8 Å². The van der Waals surface area contributed by atoms with Crippen LogP contribution >= 0.6 is 15.9 Å². The summed E-state index contributed by atoms with van der Waals surface area (Å²) in [6, 6.07) is 2.10. The summed E-state index contributed by atoms with van der Waals surface area (Å²) in [7, 11) is 1.68. The van der Waals surface area contributed by atoms with Gasteiger partial charge in [-0.1, -0.05) is 12.2 Å². The smallest absolute Gasteiger partial charge is 0.140 e.